The predicted octanol–water partition coefficient (Wildman–Crippen LogP) is 4.57. The SMILES string of the molecule is CN1CCC(N=C2N=CC(CCCN3CCCC3)c3[nH]c(-c4ccccc4)cc32)CC1. The summed E-state index contributed by atoms with van der Waals surface area (Å²) < 4.78 is 0. The molecule has 1 unspecified atom stereocenters. The van der Waals surface area contributed by atoms with Gasteiger partial charge in [-0.15, -0.1) is 0 Å². The van der Waals surface area contributed by atoms with Crippen molar-refractivity contribution < 1.29 is 0 Å². The summed E-state index contributed by atoms with van der Waals surface area (Å²) in [6, 6.07) is 13.3. The second-order valence-corrected chi connectivity index (χ2v) is 9.44. The van der Waals surface area contributed by atoms with Gasteiger partial charge in [-0.3, -0.25) is 4.99 Å². The number of rotatable bonds is 6. The number of nitrogens with zero attached hydrogens (tertiary/aromatic N) is 4. The average Bonchev–Trinajstić information content (AvgIpc) is 3.48. The summed E-state index contributed by atoms with van der Waals surface area (Å²) in [6.07, 6.45) is 9.50. The molecule has 3 aliphatic heterocycles. The fourth-order valence-electron chi connectivity index (χ4n) is 5.19. The Morgan fingerprint density at radius 2 is 1.84 bits per heavy atom. The fourth-order valence-corrected chi connectivity index (χ4v) is 5.19. The van der Waals surface area contributed by atoms with E-state index in [9.17, 15) is 0 Å². The van der Waals surface area contributed by atoms with Gasteiger partial charge in [0, 0.05) is 29.1 Å². The van der Waals surface area contributed by atoms with Crippen LogP contribution >= 0.6 is 0 Å². The Morgan fingerprint density at radius 1 is 1.06 bits per heavy atom. The third-order valence-corrected chi connectivity index (χ3v) is 7.10. The van der Waals surface area contributed by atoms with Gasteiger partial charge in [-0.1, -0.05) is 30.3 Å². The Labute approximate surface area is 186 Å². The molecule has 2 fully saturated rings. The van der Waals surface area contributed by atoms with Crippen LogP contribution in [0.15, 0.2) is 46.4 Å². The van der Waals surface area contributed by atoms with Crippen molar-refractivity contribution in [2.75, 3.05) is 39.8 Å². The van der Waals surface area contributed by atoms with E-state index in [1.807, 2.05) is 0 Å². The van der Waals surface area contributed by atoms with Crippen LogP contribution < -0.4 is 0 Å². The van der Waals surface area contributed by atoms with Crippen LogP contribution in [0.5, 0.6) is 0 Å². The van der Waals surface area contributed by atoms with Gasteiger partial charge >= 0.3 is 0 Å². The van der Waals surface area contributed by atoms with E-state index in [-0.39, 0.29) is 0 Å². The van der Waals surface area contributed by atoms with Crippen LogP contribution in [0.4, 0.5) is 0 Å². The molecular weight excluding hydrogens is 382 g/mol. The molecule has 0 aliphatic carbocycles. The Hall–Kier alpha value is -2.24. The number of likely N-dealkylation sites (tertiary alicyclic amines) is 2. The molecule has 0 spiro atoms. The van der Waals surface area contributed by atoms with Gasteiger partial charge in [0.2, 0.25) is 0 Å². The number of hydrogen-bond acceptors (Lipinski definition) is 3. The molecular formula is C26H35N5. The van der Waals surface area contributed by atoms with E-state index >= 15 is 0 Å². The number of amidine groups is 1. The number of nitrogens with one attached hydrogen (secondary N) is 1. The first-order valence-electron chi connectivity index (χ1n) is 12.1. The van der Waals surface area contributed by atoms with E-state index < -0.39 is 0 Å². The Balaban J connectivity index is 1.38. The maximum absolute atomic E-state index is 5.12. The molecule has 4 heterocycles. The van der Waals surface area contributed by atoms with E-state index in [0.717, 1.165) is 38.2 Å². The highest BCUT2D eigenvalue weighted by atomic mass is 15.1. The lowest BCUT2D eigenvalue weighted by molar-refractivity contribution is 0.257. The van der Waals surface area contributed by atoms with Crippen molar-refractivity contribution >= 4 is 12.1 Å². The van der Waals surface area contributed by atoms with Crippen molar-refractivity contribution in [3.63, 3.8) is 0 Å². The van der Waals surface area contributed by atoms with E-state index in [1.54, 1.807) is 0 Å². The number of aromatic amines is 1. The molecule has 1 N–H and O–H groups in total. The van der Waals surface area contributed by atoms with E-state index in [2.05, 4.69) is 64.4 Å². The predicted molar refractivity (Wildman–Crippen MR) is 129 cm³/mol. The van der Waals surface area contributed by atoms with Crippen LogP contribution in [-0.2, 0) is 0 Å². The van der Waals surface area contributed by atoms with Crippen molar-refractivity contribution in [2.45, 2.75) is 50.5 Å². The highest BCUT2D eigenvalue weighted by molar-refractivity contribution is 6.08. The summed E-state index contributed by atoms with van der Waals surface area (Å²) in [5.41, 5.74) is 4.93. The lowest BCUT2D eigenvalue weighted by atomic mass is 9.94. The van der Waals surface area contributed by atoms with Crippen molar-refractivity contribution in [1.82, 2.24) is 14.8 Å². The normalized spacial score (nSPS) is 24.2. The summed E-state index contributed by atoms with van der Waals surface area (Å²) in [6.45, 7) is 6.01. The molecule has 0 saturated carbocycles. The number of aromatic nitrogens is 1. The molecule has 164 valence electrons. The highest BCUT2D eigenvalue weighted by Crippen LogP contribution is 2.32. The maximum Gasteiger partial charge on any atom is 0.156 e. The van der Waals surface area contributed by atoms with Crippen LogP contribution in [0.1, 0.15) is 55.7 Å². The molecule has 3 aliphatic rings. The lowest BCUT2D eigenvalue weighted by Gasteiger charge is -2.27. The maximum atomic E-state index is 5.12. The first-order chi connectivity index (χ1) is 15.3. The summed E-state index contributed by atoms with van der Waals surface area (Å²) in [5.74, 6) is 1.28. The zero-order chi connectivity index (χ0) is 21.0. The van der Waals surface area contributed by atoms with Crippen molar-refractivity contribution in [2.24, 2.45) is 9.98 Å². The third kappa shape index (κ3) is 4.83. The van der Waals surface area contributed by atoms with Gasteiger partial charge in [-0.25, -0.2) is 4.99 Å². The quantitative estimate of drug-likeness (QED) is 0.749. The van der Waals surface area contributed by atoms with Gasteiger partial charge in [0.05, 0.1) is 6.04 Å². The number of aliphatic imine (C=N–C) groups is 2. The molecule has 5 heteroatoms. The number of H-pyrrole nitrogens is 1. The van der Waals surface area contributed by atoms with E-state index in [1.165, 1.54) is 61.4 Å². The zero-order valence-corrected chi connectivity index (χ0v) is 18.8. The molecule has 5 rings (SSSR count). The molecule has 1 aromatic carbocycles. The number of hydrogen-bond donors (Lipinski definition) is 1. The van der Waals surface area contributed by atoms with Crippen molar-refractivity contribution in [3.05, 3.63) is 47.7 Å². The number of benzene rings is 1. The van der Waals surface area contributed by atoms with E-state index in [0.29, 0.717) is 12.0 Å². The standard InChI is InChI=1S/C26H35N5/c1-30-16-11-22(12-17-30)28-26-23-18-24(20-8-3-2-4-9-20)29-25(23)21(19-27-26)10-7-15-31-13-5-6-14-31/h2-4,8-9,18-19,21-22,29H,5-7,10-17H2,1H3. The highest BCUT2D eigenvalue weighted by Gasteiger charge is 2.26. The minimum Gasteiger partial charge on any atom is -0.357 e. The summed E-state index contributed by atoms with van der Waals surface area (Å²) in [7, 11) is 2.20. The van der Waals surface area contributed by atoms with Crippen LogP contribution in [-0.4, -0.2) is 72.6 Å². The second-order valence-electron chi connectivity index (χ2n) is 9.44. The fraction of sp³-hybridized carbons (Fsp3) is 0.538. The number of piperidine rings is 1. The van der Waals surface area contributed by atoms with Gasteiger partial charge in [0.15, 0.2) is 5.84 Å². The first kappa shape index (κ1) is 20.7. The molecule has 0 amide bonds. The molecule has 31 heavy (non-hydrogen) atoms. The van der Waals surface area contributed by atoms with Crippen LogP contribution in [0.25, 0.3) is 11.3 Å². The Kier molecular flexibility index (Phi) is 6.32. The Bertz CT molecular complexity index is 915. The first-order valence-corrected chi connectivity index (χ1v) is 12.1. The number of fused-ring (bicyclic) bond motifs is 1. The minimum absolute atomic E-state index is 0.353. The second kappa shape index (κ2) is 9.49. The lowest BCUT2D eigenvalue weighted by Crippen LogP contribution is -2.32. The summed E-state index contributed by atoms with van der Waals surface area (Å²) in [5, 5.41) is 0. The van der Waals surface area contributed by atoms with Gasteiger partial charge < -0.3 is 14.8 Å². The molecule has 0 radical (unpaired) electrons. The smallest absolute Gasteiger partial charge is 0.156 e. The molecule has 2 aromatic rings. The molecule has 1 aromatic heterocycles. The third-order valence-electron chi connectivity index (χ3n) is 7.10. The topological polar surface area (TPSA) is 47.0 Å². The summed E-state index contributed by atoms with van der Waals surface area (Å²) in [4.78, 5) is 18.8. The molecule has 1 atom stereocenters. The van der Waals surface area contributed by atoms with E-state index in [4.69, 9.17) is 9.98 Å². The zero-order valence-electron chi connectivity index (χ0n) is 18.8. The van der Waals surface area contributed by atoms with Gasteiger partial charge in [-0.2, -0.15) is 0 Å². The van der Waals surface area contributed by atoms with Crippen molar-refractivity contribution in [3.8, 4) is 11.3 Å². The van der Waals surface area contributed by atoms with Gasteiger partial charge in [0.1, 0.15) is 0 Å². The molecule has 0 bridgehead atoms. The summed E-state index contributed by atoms with van der Waals surface area (Å²) >= 11 is 0. The van der Waals surface area contributed by atoms with Crippen LogP contribution in [0, 0.1) is 0 Å². The van der Waals surface area contributed by atoms with Crippen LogP contribution in [0.2, 0.25) is 0 Å². The van der Waals surface area contributed by atoms with Gasteiger partial charge in [-0.05, 0) is 89.9 Å². The van der Waals surface area contributed by atoms with Crippen molar-refractivity contribution in [1.29, 1.82) is 0 Å². The van der Waals surface area contributed by atoms with Gasteiger partial charge in [0.25, 0.3) is 0 Å². The Morgan fingerprint density at radius 3 is 2.61 bits per heavy atom. The minimum atomic E-state index is 0.353. The monoisotopic (exact) mass is 417 g/mol. The van der Waals surface area contributed by atoms with Crippen LogP contribution in [0.3, 0.4) is 0 Å². The largest absolute Gasteiger partial charge is 0.357 e. The molecule has 5 nitrogen and oxygen atoms in total. The average molecular weight is 418 g/mol. The molecule has 2 saturated heterocycles.